The molecule has 0 aliphatic rings. The number of halogens is 4. The molecular formula is C23H20ClF3N10S. The summed E-state index contributed by atoms with van der Waals surface area (Å²) in [5, 5.41) is 18.8. The van der Waals surface area contributed by atoms with E-state index < -0.39 is 16.8 Å². The first kappa shape index (κ1) is 26.6. The molecule has 0 unspecified atom stereocenters. The van der Waals surface area contributed by atoms with Crippen LogP contribution in [0.2, 0.25) is 5.02 Å². The average Bonchev–Trinajstić information content (AvgIpc) is 3.29. The maximum atomic E-state index is 13.1. The number of aromatic amines is 1. The molecule has 0 aliphatic heterocycles. The number of alkyl halides is 3. The monoisotopic (exact) mass is 560 g/mol. The second-order valence-electron chi connectivity index (χ2n) is 7.89. The fraction of sp³-hybridized carbons (Fsp3) is 0.0870. The molecule has 38 heavy (non-hydrogen) atoms. The van der Waals surface area contributed by atoms with E-state index in [-0.39, 0.29) is 16.6 Å². The third-order valence-electron chi connectivity index (χ3n) is 4.90. The van der Waals surface area contributed by atoms with E-state index in [0.29, 0.717) is 40.3 Å². The van der Waals surface area contributed by atoms with Crippen molar-refractivity contribution in [3.05, 3.63) is 76.7 Å². The molecule has 0 fully saturated rings. The third-order valence-corrected chi connectivity index (χ3v) is 5.44. The summed E-state index contributed by atoms with van der Waals surface area (Å²) in [5.74, 6) is 1.73. The summed E-state index contributed by atoms with van der Waals surface area (Å²) in [6.45, 7) is 1.81. The minimum Gasteiger partial charge on any atom is -0.384 e. The van der Waals surface area contributed by atoms with Crippen LogP contribution >= 0.6 is 23.8 Å². The van der Waals surface area contributed by atoms with E-state index in [2.05, 4.69) is 41.2 Å². The lowest BCUT2D eigenvalue weighted by Gasteiger charge is -2.14. The van der Waals surface area contributed by atoms with Crippen LogP contribution in [0.3, 0.4) is 0 Å². The van der Waals surface area contributed by atoms with Crippen molar-refractivity contribution in [3.63, 3.8) is 0 Å². The molecule has 0 amide bonds. The van der Waals surface area contributed by atoms with Gasteiger partial charge in [0.1, 0.15) is 23.3 Å². The molecule has 1 aromatic carbocycles. The van der Waals surface area contributed by atoms with Gasteiger partial charge in [-0.25, -0.2) is 9.97 Å². The number of anilines is 6. The highest BCUT2D eigenvalue weighted by atomic mass is 35.5. The van der Waals surface area contributed by atoms with Gasteiger partial charge in [0.25, 0.3) is 0 Å². The molecule has 0 saturated heterocycles. The van der Waals surface area contributed by atoms with Gasteiger partial charge in [-0.1, -0.05) is 11.6 Å². The SMILES string of the molecule is Cc1cc(Nc2cc(C(=N)N)c[nH]2)nc(Nc2ccc(NC(=S)Nc3ccc(Cl)c(C(F)(F)F)c3)nc2)n1. The Hall–Kier alpha value is -4.43. The Kier molecular flexibility index (Phi) is 7.64. The summed E-state index contributed by atoms with van der Waals surface area (Å²) in [5.41, 5.74) is 6.47. The molecule has 0 bridgehead atoms. The maximum Gasteiger partial charge on any atom is 0.417 e. The number of aryl methyl sites for hydroxylation is 1. The summed E-state index contributed by atoms with van der Waals surface area (Å²) in [4.78, 5) is 16.0. The molecule has 15 heteroatoms. The Morgan fingerprint density at radius 3 is 2.45 bits per heavy atom. The highest BCUT2D eigenvalue weighted by Crippen LogP contribution is 2.36. The standard InChI is InChI=1S/C23H20ClF3N10S/c1-11-6-19(35-18-7-12(9-30-18)20(28)29)36-21(32-11)33-14-3-5-17(31-10-14)37-22(38)34-13-2-4-16(24)15(8-13)23(25,26)27/h2-10,30H,1H3,(H3,28,29)(H2,31,34,37,38)(H2,32,33,35,36). The van der Waals surface area contributed by atoms with Crippen LogP contribution in [0.5, 0.6) is 0 Å². The molecule has 3 heterocycles. The molecular weight excluding hydrogens is 541 g/mol. The number of hydrogen-bond donors (Lipinski definition) is 7. The van der Waals surface area contributed by atoms with Crippen molar-refractivity contribution in [3.8, 4) is 0 Å². The number of H-pyrrole nitrogens is 1. The second-order valence-corrected chi connectivity index (χ2v) is 8.70. The van der Waals surface area contributed by atoms with Crippen molar-refractivity contribution >= 4 is 69.5 Å². The van der Waals surface area contributed by atoms with Crippen LogP contribution in [0, 0.1) is 12.3 Å². The molecule has 196 valence electrons. The number of rotatable bonds is 7. The molecule has 0 saturated carbocycles. The van der Waals surface area contributed by atoms with E-state index in [0.717, 1.165) is 12.1 Å². The molecule has 0 spiro atoms. The van der Waals surface area contributed by atoms with Crippen LogP contribution in [0.4, 0.5) is 47.9 Å². The zero-order valence-electron chi connectivity index (χ0n) is 19.5. The number of nitrogens with zero attached hydrogens (tertiary/aromatic N) is 3. The van der Waals surface area contributed by atoms with Gasteiger partial charge in [-0.3, -0.25) is 5.41 Å². The Balaban J connectivity index is 1.38. The van der Waals surface area contributed by atoms with Crippen LogP contribution in [-0.2, 0) is 6.18 Å². The van der Waals surface area contributed by atoms with E-state index >= 15 is 0 Å². The molecule has 10 nitrogen and oxygen atoms in total. The Morgan fingerprint density at radius 1 is 1.03 bits per heavy atom. The maximum absolute atomic E-state index is 13.1. The van der Waals surface area contributed by atoms with Gasteiger partial charge >= 0.3 is 6.18 Å². The van der Waals surface area contributed by atoms with Crippen LogP contribution in [0.25, 0.3) is 0 Å². The van der Waals surface area contributed by atoms with Gasteiger partial charge in [-0.15, -0.1) is 0 Å². The fourth-order valence-electron chi connectivity index (χ4n) is 3.22. The van der Waals surface area contributed by atoms with Crippen LogP contribution in [0.15, 0.2) is 54.9 Å². The molecule has 0 radical (unpaired) electrons. The number of nitrogen functional groups attached to an aromatic ring is 1. The lowest BCUT2D eigenvalue weighted by atomic mass is 10.2. The molecule has 4 rings (SSSR count). The van der Waals surface area contributed by atoms with E-state index in [9.17, 15) is 13.2 Å². The van der Waals surface area contributed by atoms with Crippen LogP contribution < -0.4 is 27.0 Å². The number of hydrogen-bond acceptors (Lipinski definition) is 7. The first-order valence-electron chi connectivity index (χ1n) is 10.8. The topological polar surface area (TPSA) is 152 Å². The van der Waals surface area contributed by atoms with Crippen molar-refractivity contribution in [1.82, 2.24) is 19.9 Å². The largest absolute Gasteiger partial charge is 0.417 e. The normalized spacial score (nSPS) is 11.1. The lowest BCUT2D eigenvalue weighted by Crippen LogP contribution is -2.20. The predicted molar refractivity (Wildman–Crippen MR) is 146 cm³/mol. The Labute approximate surface area is 224 Å². The number of amidine groups is 1. The van der Waals surface area contributed by atoms with Crippen molar-refractivity contribution in [2.75, 3.05) is 21.3 Å². The van der Waals surface area contributed by atoms with Crippen molar-refractivity contribution in [1.29, 1.82) is 5.41 Å². The smallest absolute Gasteiger partial charge is 0.384 e. The molecule has 0 aliphatic carbocycles. The lowest BCUT2D eigenvalue weighted by molar-refractivity contribution is -0.137. The van der Waals surface area contributed by atoms with Gasteiger partial charge in [-0.05, 0) is 55.5 Å². The minimum absolute atomic E-state index is 0.0450. The van der Waals surface area contributed by atoms with Gasteiger partial charge in [0, 0.05) is 29.2 Å². The third kappa shape index (κ3) is 6.86. The van der Waals surface area contributed by atoms with Crippen molar-refractivity contribution < 1.29 is 13.2 Å². The summed E-state index contributed by atoms with van der Waals surface area (Å²) in [7, 11) is 0. The molecule has 3 aromatic heterocycles. The zero-order chi connectivity index (χ0) is 27.4. The Morgan fingerprint density at radius 2 is 1.79 bits per heavy atom. The first-order valence-corrected chi connectivity index (χ1v) is 11.6. The highest BCUT2D eigenvalue weighted by molar-refractivity contribution is 7.80. The van der Waals surface area contributed by atoms with Crippen molar-refractivity contribution in [2.45, 2.75) is 13.1 Å². The second kappa shape index (κ2) is 10.9. The number of nitrogens with two attached hydrogens (primary N) is 1. The van der Waals surface area contributed by atoms with Crippen LogP contribution in [-0.4, -0.2) is 30.9 Å². The summed E-state index contributed by atoms with van der Waals surface area (Å²) in [6, 6.07) is 10.2. The van der Waals surface area contributed by atoms with Crippen LogP contribution in [0.1, 0.15) is 16.8 Å². The number of nitrogens with one attached hydrogen (secondary N) is 6. The first-order chi connectivity index (χ1) is 18.0. The summed E-state index contributed by atoms with van der Waals surface area (Å²) in [6.07, 6.45) is -1.47. The van der Waals surface area contributed by atoms with E-state index in [4.69, 9.17) is 35.0 Å². The number of thiocarbonyl (C=S) groups is 1. The number of aromatic nitrogens is 4. The number of benzene rings is 1. The van der Waals surface area contributed by atoms with Crippen molar-refractivity contribution in [2.24, 2.45) is 5.73 Å². The molecule has 8 N–H and O–H groups in total. The summed E-state index contributed by atoms with van der Waals surface area (Å²) >= 11 is 10.8. The predicted octanol–water partition coefficient (Wildman–Crippen LogP) is 5.76. The fourth-order valence-corrected chi connectivity index (χ4v) is 3.67. The molecule has 4 aromatic rings. The van der Waals surface area contributed by atoms with Gasteiger partial charge < -0.3 is 32.0 Å². The Bertz CT molecular complexity index is 1490. The van der Waals surface area contributed by atoms with Gasteiger partial charge in [0.15, 0.2) is 5.11 Å². The molecule has 0 atom stereocenters. The van der Waals surface area contributed by atoms with E-state index in [1.165, 1.54) is 12.3 Å². The zero-order valence-corrected chi connectivity index (χ0v) is 21.1. The quantitative estimate of drug-likeness (QED) is 0.0849. The van der Waals surface area contributed by atoms with Gasteiger partial charge in [0.2, 0.25) is 5.95 Å². The van der Waals surface area contributed by atoms with E-state index in [1.54, 1.807) is 30.5 Å². The summed E-state index contributed by atoms with van der Waals surface area (Å²) < 4.78 is 39.2. The van der Waals surface area contributed by atoms with E-state index in [1.807, 2.05) is 6.92 Å². The highest BCUT2D eigenvalue weighted by Gasteiger charge is 2.33. The van der Waals surface area contributed by atoms with Gasteiger partial charge in [0.05, 0.1) is 22.5 Å². The number of pyridine rings is 1. The average molecular weight is 561 g/mol. The minimum atomic E-state index is -4.59. The van der Waals surface area contributed by atoms with Gasteiger partial charge in [-0.2, -0.15) is 18.2 Å².